The Morgan fingerprint density at radius 1 is 1.04 bits per heavy atom. The van der Waals surface area contributed by atoms with Crippen molar-refractivity contribution >= 4 is 23.2 Å². The summed E-state index contributed by atoms with van der Waals surface area (Å²) in [4.78, 5) is 0. The lowest BCUT2D eigenvalue weighted by atomic mass is 9.87. The van der Waals surface area contributed by atoms with Crippen LogP contribution in [0.4, 0.5) is 0 Å². The molecule has 2 aromatic rings. The zero-order valence-electron chi connectivity index (χ0n) is 13.9. The van der Waals surface area contributed by atoms with Crippen LogP contribution in [0.1, 0.15) is 23.1 Å². The molecule has 0 saturated carbocycles. The molecule has 24 heavy (non-hydrogen) atoms. The lowest BCUT2D eigenvalue weighted by molar-refractivity contribution is 0.376. The summed E-state index contributed by atoms with van der Waals surface area (Å²) in [7, 11) is 3.43. The average Bonchev–Trinajstić information content (AvgIpc) is 2.61. The highest BCUT2D eigenvalue weighted by Crippen LogP contribution is 2.36. The van der Waals surface area contributed by atoms with Crippen molar-refractivity contribution in [2.45, 2.75) is 31.8 Å². The van der Waals surface area contributed by atoms with Crippen LogP contribution in [0.3, 0.4) is 0 Å². The molecule has 3 nitrogen and oxygen atoms in total. The minimum Gasteiger partial charge on any atom is -0.496 e. The van der Waals surface area contributed by atoms with Crippen LogP contribution in [0.5, 0.6) is 11.5 Å². The zero-order valence-corrected chi connectivity index (χ0v) is 15.4. The van der Waals surface area contributed by atoms with Gasteiger partial charge in [0.15, 0.2) is 0 Å². The maximum absolute atomic E-state index is 6.27. The fourth-order valence-corrected chi connectivity index (χ4v) is 3.70. The number of fused-ring (bicyclic) bond motifs is 1. The van der Waals surface area contributed by atoms with Gasteiger partial charge in [0.1, 0.15) is 11.5 Å². The molecule has 1 unspecified atom stereocenters. The number of benzene rings is 2. The smallest absolute Gasteiger partial charge is 0.122 e. The molecule has 0 spiro atoms. The molecule has 0 fully saturated rings. The van der Waals surface area contributed by atoms with E-state index in [2.05, 4.69) is 5.32 Å². The number of hydrogen-bond donors (Lipinski definition) is 1. The second kappa shape index (κ2) is 7.64. The Bertz CT molecular complexity index is 734. The van der Waals surface area contributed by atoms with Crippen molar-refractivity contribution < 1.29 is 9.47 Å². The number of ether oxygens (including phenoxy) is 2. The molecule has 1 aliphatic carbocycles. The molecule has 5 heteroatoms. The second-order valence-corrected chi connectivity index (χ2v) is 6.75. The fourth-order valence-electron chi connectivity index (χ4n) is 3.31. The van der Waals surface area contributed by atoms with E-state index in [4.69, 9.17) is 32.7 Å². The Morgan fingerprint density at radius 2 is 1.75 bits per heavy atom. The van der Waals surface area contributed by atoms with Gasteiger partial charge in [-0.05, 0) is 43.0 Å². The van der Waals surface area contributed by atoms with E-state index in [0.717, 1.165) is 36.3 Å². The van der Waals surface area contributed by atoms with Gasteiger partial charge in [-0.25, -0.2) is 0 Å². The third-order valence-corrected chi connectivity index (χ3v) is 5.45. The van der Waals surface area contributed by atoms with E-state index >= 15 is 0 Å². The van der Waals surface area contributed by atoms with Crippen molar-refractivity contribution in [3.8, 4) is 11.5 Å². The Labute approximate surface area is 152 Å². The Balaban J connectivity index is 1.74. The van der Waals surface area contributed by atoms with Crippen molar-refractivity contribution in [3.63, 3.8) is 0 Å². The summed E-state index contributed by atoms with van der Waals surface area (Å²) >= 11 is 12.4. The van der Waals surface area contributed by atoms with Gasteiger partial charge in [0, 0.05) is 23.7 Å². The number of nitrogens with one attached hydrogen (secondary N) is 1. The Hall–Kier alpha value is -1.42. The highest BCUT2D eigenvalue weighted by Gasteiger charge is 2.24. The Kier molecular flexibility index (Phi) is 5.54. The molecule has 0 amide bonds. The standard InChI is InChI=1S/C19H21Cl2NO2/c1-23-17-8-9-18(24-2)15-10-13(6-7-14(15)17)22-11-12-4-3-5-16(20)19(12)21/h3-5,8-9,13,22H,6-7,10-11H2,1-2H3. The number of methoxy groups -OCH3 is 2. The first-order chi connectivity index (χ1) is 11.6. The predicted molar refractivity (Wildman–Crippen MR) is 98.7 cm³/mol. The van der Waals surface area contributed by atoms with Crippen LogP contribution in [-0.4, -0.2) is 20.3 Å². The van der Waals surface area contributed by atoms with Gasteiger partial charge in [0.2, 0.25) is 0 Å². The van der Waals surface area contributed by atoms with E-state index in [9.17, 15) is 0 Å². The minimum absolute atomic E-state index is 0.369. The van der Waals surface area contributed by atoms with Crippen molar-refractivity contribution in [2.24, 2.45) is 0 Å². The molecule has 0 saturated heterocycles. The molecule has 0 bridgehead atoms. The van der Waals surface area contributed by atoms with Crippen LogP contribution in [0, 0.1) is 0 Å². The fraction of sp³-hybridized carbons (Fsp3) is 0.368. The Morgan fingerprint density at radius 3 is 2.46 bits per heavy atom. The van der Waals surface area contributed by atoms with Crippen molar-refractivity contribution in [1.82, 2.24) is 5.32 Å². The first kappa shape index (κ1) is 17.4. The highest BCUT2D eigenvalue weighted by molar-refractivity contribution is 6.42. The van der Waals surface area contributed by atoms with Crippen LogP contribution in [0.2, 0.25) is 10.0 Å². The van der Waals surface area contributed by atoms with Crippen molar-refractivity contribution in [1.29, 1.82) is 0 Å². The van der Waals surface area contributed by atoms with Crippen LogP contribution in [0.15, 0.2) is 30.3 Å². The van der Waals surface area contributed by atoms with Gasteiger partial charge in [-0.2, -0.15) is 0 Å². The van der Waals surface area contributed by atoms with Crippen molar-refractivity contribution in [3.05, 3.63) is 57.1 Å². The van der Waals surface area contributed by atoms with E-state index in [1.54, 1.807) is 20.3 Å². The van der Waals surface area contributed by atoms with Gasteiger partial charge in [-0.3, -0.25) is 0 Å². The van der Waals surface area contributed by atoms with E-state index < -0.39 is 0 Å². The summed E-state index contributed by atoms with van der Waals surface area (Å²) in [6, 6.07) is 10.1. The van der Waals surface area contributed by atoms with Gasteiger partial charge >= 0.3 is 0 Å². The number of halogens is 2. The predicted octanol–water partition coefficient (Wildman–Crippen LogP) is 4.66. The van der Waals surface area contributed by atoms with Gasteiger partial charge in [0.05, 0.1) is 24.3 Å². The molecule has 1 aliphatic rings. The largest absolute Gasteiger partial charge is 0.496 e. The third kappa shape index (κ3) is 3.49. The highest BCUT2D eigenvalue weighted by atomic mass is 35.5. The SMILES string of the molecule is COc1ccc(OC)c2c1CCC(NCc1cccc(Cl)c1Cl)C2. The molecule has 2 aromatic carbocycles. The average molecular weight is 366 g/mol. The first-order valence-corrected chi connectivity index (χ1v) is 8.78. The van der Waals surface area contributed by atoms with Gasteiger partial charge in [-0.1, -0.05) is 35.3 Å². The number of rotatable bonds is 5. The summed E-state index contributed by atoms with van der Waals surface area (Å²) in [6.45, 7) is 0.700. The summed E-state index contributed by atoms with van der Waals surface area (Å²) in [6.07, 6.45) is 2.93. The van der Waals surface area contributed by atoms with E-state index in [1.807, 2.05) is 24.3 Å². The summed E-state index contributed by atoms with van der Waals surface area (Å²) in [5.74, 6) is 1.88. The normalized spacial score (nSPS) is 16.6. The first-order valence-electron chi connectivity index (χ1n) is 8.03. The summed E-state index contributed by atoms with van der Waals surface area (Å²) in [5, 5.41) is 4.82. The summed E-state index contributed by atoms with van der Waals surface area (Å²) in [5.41, 5.74) is 3.51. The third-order valence-electron chi connectivity index (χ3n) is 4.59. The van der Waals surface area contributed by atoms with Gasteiger partial charge < -0.3 is 14.8 Å². The summed E-state index contributed by atoms with van der Waals surface area (Å²) < 4.78 is 11.0. The van der Waals surface area contributed by atoms with E-state index in [0.29, 0.717) is 22.6 Å². The van der Waals surface area contributed by atoms with E-state index in [-0.39, 0.29) is 0 Å². The molecular weight excluding hydrogens is 345 g/mol. The lowest BCUT2D eigenvalue weighted by Gasteiger charge is -2.28. The molecule has 0 radical (unpaired) electrons. The lowest BCUT2D eigenvalue weighted by Crippen LogP contribution is -2.34. The molecule has 0 aromatic heterocycles. The molecule has 0 aliphatic heterocycles. The molecule has 3 rings (SSSR count). The van der Waals surface area contributed by atoms with E-state index in [1.165, 1.54) is 11.1 Å². The molecule has 1 atom stereocenters. The maximum atomic E-state index is 6.27. The number of hydrogen-bond acceptors (Lipinski definition) is 3. The molecule has 1 N–H and O–H groups in total. The van der Waals surface area contributed by atoms with Gasteiger partial charge in [0.25, 0.3) is 0 Å². The van der Waals surface area contributed by atoms with Crippen molar-refractivity contribution in [2.75, 3.05) is 14.2 Å². The molecule has 128 valence electrons. The van der Waals surface area contributed by atoms with Crippen LogP contribution >= 0.6 is 23.2 Å². The topological polar surface area (TPSA) is 30.5 Å². The van der Waals surface area contributed by atoms with Crippen LogP contribution in [-0.2, 0) is 19.4 Å². The van der Waals surface area contributed by atoms with Crippen LogP contribution in [0.25, 0.3) is 0 Å². The van der Waals surface area contributed by atoms with Gasteiger partial charge in [-0.15, -0.1) is 0 Å². The second-order valence-electron chi connectivity index (χ2n) is 5.96. The minimum atomic E-state index is 0.369. The quantitative estimate of drug-likeness (QED) is 0.835. The molecule has 0 heterocycles. The van der Waals surface area contributed by atoms with Crippen LogP contribution < -0.4 is 14.8 Å². The maximum Gasteiger partial charge on any atom is 0.122 e. The zero-order chi connectivity index (χ0) is 17.1. The monoisotopic (exact) mass is 365 g/mol. The molecular formula is C19H21Cl2NO2.